The Morgan fingerprint density at radius 3 is 2.24 bits per heavy atom. The second-order valence-electron chi connectivity index (χ2n) is 5.45. The lowest BCUT2D eigenvalue weighted by molar-refractivity contribution is 0.242. The molecule has 2 rings (SSSR count). The zero-order valence-electron chi connectivity index (χ0n) is 13.4. The molecule has 0 saturated carbocycles. The molecule has 1 aliphatic heterocycles. The fraction of sp³-hybridized carbons (Fsp3) is 0.625. The molecule has 0 spiro atoms. The second kappa shape index (κ2) is 7.47. The van der Waals surface area contributed by atoms with Crippen molar-refractivity contribution in [1.82, 2.24) is 10.2 Å². The Morgan fingerprint density at radius 1 is 1.05 bits per heavy atom. The lowest BCUT2D eigenvalue weighted by Crippen LogP contribution is -2.44. The molecular weight excluding hydrogens is 332 g/mol. The van der Waals surface area contributed by atoms with Crippen LogP contribution in [0.5, 0.6) is 11.5 Å². The van der Waals surface area contributed by atoms with Crippen molar-refractivity contribution >= 4 is 15.9 Å². The molecule has 1 aliphatic rings. The van der Waals surface area contributed by atoms with E-state index < -0.39 is 0 Å². The zero-order chi connectivity index (χ0) is 15.4. The molecule has 0 radical (unpaired) electrons. The maximum absolute atomic E-state index is 5.65. The van der Waals surface area contributed by atoms with Gasteiger partial charge in [0.2, 0.25) is 0 Å². The van der Waals surface area contributed by atoms with Crippen molar-refractivity contribution in [2.75, 3.05) is 46.9 Å². The van der Waals surface area contributed by atoms with Crippen molar-refractivity contribution in [3.8, 4) is 11.5 Å². The van der Waals surface area contributed by atoms with E-state index in [4.69, 9.17) is 9.47 Å². The van der Waals surface area contributed by atoms with Gasteiger partial charge in [-0.3, -0.25) is 0 Å². The van der Waals surface area contributed by atoms with Crippen LogP contribution < -0.4 is 14.8 Å². The highest BCUT2D eigenvalue weighted by molar-refractivity contribution is 9.10. The average Bonchev–Trinajstić information content (AvgIpc) is 2.52. The largest absolute Gasteiger partial charge is 0.493 e. The molecule has 1 heterocycles. The first-order valence-corrected chi connectivity index (χ1v) is 8.22. The third-order valence-corrected chi connectivity index (χ3v) is 5.42. The summed E-state index contributed by atoms with van der Waals surface area (Å²) in [6.07, 6.45) is 0.976. The lowest BCUT2D eigenvalue weighted by atomic mass is 10.00. The predicted octanol–water partition coefficient (Wildman–Crippen LogP) is 2.53. The van der Waals surface area contributed by atoms with Gasteiger partial charge in [0.25, 0.3) is 0 Å². The van der Waals surface area contributed by atoms with Crippen LogP contribution in [0.1, 0.15) is 16.7 Å². The van der Waals surface area contributed by atoms with E-state index in [1.54, 1.807) is 14.2 Å². The van der Waals surface area contributed by atoms with Gasteiger partial charge >= 0.3 is 0 Å². The molecule has 0 aromatic heterocycles. The Labute approximate surface area is 135 Å². The fourth-order valence-electron chi connectivity index (χ4n) is 2.96. The normalized spacial score (nSPS) is 16.0. The number of benzene rings is 1. The maximum Gasteiger partial charge on any atom is 0.165 e. The van der Waals surface area contributed by atoms with E-state index in [-0.39, 0.29) is 0 Å². The highest BCUT2D eigenvalue weighted by atomic mass is 79.9. The summed E-state index contributed by atoms with van der Waals surface area (Å²) in [5, 5.41) is 3.39. The van der Waals surface area contributed by atoms with Crippen LogP contribution in [-0.4, -0.2) is 51.8 Å². The molecule has 1 saturated heterocycles. The van der Waals surface area contributed by atoms with E-state index in [0.717, 1.165) is 60.7 Å². The van der Waals surface area contributed by atoms with Gasteiger partial charge in [0.15, 0.2) is 11.5 Å². The quantitative estimate of drug-likeness (QED) is 0.878. The number of hydrogen-bond donors (Lipinski definition) is 1. The molecule has 1 fully saturated rings. The van der Waals surface area contributed by atoms with Crippen molar-refractivity contribution < 1.29 is 9.47 Å². The molecular formula is C16H25BrN2O2. The van der Waals surface area contributed by atoms with E-state index in [2.05, 4.69) is 40.0 Å². The molecule has 0 unspecified atom stereocenters. The van der Waals surface area contributed by atoms with E-state index >= 15 is 0 Å². The van der Waals surface area contributed by atoms with Crippen LogP contribution in [0.4, 0.5) is 0 Å². The Bertz CT molecular complexity index is 500. The van der Waals surface area contributed by atoms with Crippen LogP contribution in [0.15, 0.2) is 4.47 Å². The third-order valence-electron chi connectivity index (χ3n) is 4.23. The Morgan fingerprint density at radius 2 is 1.67 bits per heavy atom. The van der Waals surface area contributed by atoms with Crippen LogP contribution in [0.25, 0.3) is 0 Å². The monoisotopic (exact) mass is 356 g/mol. The molecule has 0 atom stereocenters. The summed E-state index contributed by atoms with van der Waals surface area (Å²) in [4.78, 5) is 2.50. The third kappa shape index (κ3) is 3.52. The van der Waals surface area contributed by atoms with Gasteiger partial charge in [-0.1, -0.05) is 15.9 Å². The van der Waals surface area contributed by atoms with Crippen LogP contribution in [0.3, 0.4) is 0 Å². The summed E-state index contributed by atoms with van der Waals surface area (Å²) in [7, 11) is 3.42. The topological polar surface area (TPSA) is 33.7 Å². The molecule has 1 N–H and O–H groups in total. The van der Waals surface area contributed by atoms with E-state index in [0.29, 0.717) is 0 Å². The summed E-state index contributed by atoms with van der Waals surface area (Å²) in [6.45, 7) is 9.65. The SMILES string of the molecule is COc1c(C)c(Br)c(C)c(CCN2CCNCC2)c1OC. The maximum atomic E-state index is 5.65. The lowest BCUT2D eigenvalue weighted by Gasteiger charge is -2.28. The molecule has 4 nitrogen and oxygen atoms in total. The van der Waals surface area contributed by atoms with Gasteiger partial charge < -0.3 is 19.7 Å². The smallest absolute Gasteiger partial charge is 0.165 e. The average molecular weight is 357 g/mol. The summed E-state index contributed by atoms with van der Waals surface area (Å²) < 4.78 is 12.3. The first-order chi connectivity index (χ1) is 10.1. The number of halogens is 1. The molecule has 21 heavy (non-hydrogen) atoms. The van der Waals surface area contributed by atoms with Gasteiger partial charge in [-0.15, -0.1) is 0 Å². The number of ether oxygens (including phenoxy) is 2. The van der Waals surface area contributed by atoms with Gasteiger partial charge in [-0.2, -0.15) is 0 Å². The fourth-order valence-corrected chi connectivity index (χ4v) is 3.38. The van der Waals surface area contributed by atoms with Crippen molar-refractivity contribution in [3.63, 3.8) is 0 Å². The number of methoxy groups -OCH3 is 2. The van der Waals surface area contributed by atoms with Crippen LogP contribution in [0.2, 0.25) is 0 Å². The number of nitrogens with one attached hydrogen (secondary N) is 1. The highest BCUT2D eigenvalue weighted by Crippen LogP contribution is 2.42. The van der Waals surface area contributed by atoms with Crippen LogP contribution in [-0.2, 0) is 6.42 Å². The second-order valence-corrected chi connectivity index (χ2v) is 6.24. The predicted molar refractivity (Wildman–Crippen MR) is 89.7 cm³/mol. The van der Waals surface area contributed by atoms with Gasteiger partial charge in [-0.05, 0) is 25.8 Å². The van der Waals surface area contributed by atoms with Crippen LogP contribution in [0, 0.1) is 13.8 Å². The van der Waals surface area contributed by atoms with Gasteiger partial charge in [0.1, 0.15) is 0 Å². The summed E-state index contributed by atoms with van der Waals surface area (Å²) in [5.41, 5.74) is 3.59. The van der Waals surface area contributed by atoms with E-state index in [1.807, 2.05) is 0 Å². The molecule has 1 aromatic carbocycles. The van der Waals surface area contributed by atoms with Crippen molar-refractivity contribution in [3.05, 3.63) is 21.2 Å². The van der Waals surface area contributed by atoms with Crippen LogP contribution >= 0.6 is 15.9 Å². The minimum atomic E-state index is 0.838. The van der Waals surface area contributed by atoms with E-state index in [1.165, 1.54) is 11.1 Å². The number of hydrogen-bond acceptors (Lipinski definition) is 4. The Balaban J connectivity index is 2.26. The minimum Gasteiger partial charge on any atom is -0.493 e. The van der Waals surface area contributed by atoms with Crippen molar-refractivity contribution in [1.29, 1.82) is 0 Å². The van der Waals surface area contributed by atoms with Crippen molar-refractivity contribution in [2.24, 2.45) is 0 Å². The van der Waals surface area contributed by atoms with E-state index in [9.17, 15) is 0 Å². The molecule has 0 amide bonds. The molecule has 0 bridgehead atoms. The number of piperazine rings is 1. The van der Waals surface area contributed by atoms with Crippen molar-refractivity contribution in [2.45, 2.75) is 20.3 Å². The molecule has 1 aromatic rings. The highest BCUT2D eigenvalue weighted by Gasteiger charge is 2.20. The van der Waals surface area contributed by atoms with Gasteiger partial charge in [-0.25, -0.2) is 0 Å². The first-order valence-electron chi connectivity index (χ1n) is 7.42. The number of nitrogens with zero attached hydrogens (tertiary/aromatic N) is 1. The summed E-state index contributed by atoms with van der Waals surface area (Å²) in [6, 6.07) is 0. The standard InChI is InChI=1S/C16H25BrN2O2/c1-11-13(5-8-19-9-6-18-7-10-19)16(21-4)15(20-3)12(2)14(11)17/h18H,5-10H2,1-4H3. The van der Waals surface area contributed by atoms with Gasteiger partial charge in [0.05, 0.1) is 14.2 Å². The Hall–Kier alpha value is -0.780. The molecule has 0 aliphatic carbocycles. The minimum absolute atomic E-state index is 0.838. The molecule has 5 heteroatoms. The summed E-state index contributed by atoms with van der Waals surface area (Å²) >= 11 is 3.69. The zero-order valence-corrected chi connectivity index (χ0v) is 15.0. The number of rotatable bonds is 5. The van der Waals surface area contributed by atoms with Gasteiger partial charge in [0, 0.05) is 48.3 Å². The first kappa shape index (κ1) is 16.6. The summed E-state index contributed by atoms with van der Waals surface area (Å²) in [5.74, 6) is 1.72. The molecule has 118 valence electrons. The Kier molecular flexibility index (Phi) is 5.90.